The SMILES string of the molecule is CS(=O)(=O)c1ccc(-c2cccc(-c3ccnc4c(C(F)(F)F)cccc34)c2)s1. The van der Waals surface area contributed by atoms with Gasteiger partial charge in [-0.25, -0.2) is 8.42 Å². The van der Waals surface area contributed by atoms with E-state index in [1.165, 1.54) is 12.3 Å². The van der Waals surface area contributed by atoms with Crippen LogP contribution in [0.2, 0.25) is 0 Å². The molecule has 8 heteroatoms. The fraction of sp³-hybridized carbons (Fsp3) is 0.0952. The molecule has 3 nitrogen and oxygen atoms in total. The molecule has 0 aliphatic rings. The number of alkyl halides is 3. The molecule has 0 unspecified atom stereocenters. The highest BCUT2D eigenvalue weighted by Gasteiger charge is 2.33. The molecule has 0 bridgehead atoms. The highest BCUT2D eigenvalue weighted by molar-refractivity contribution is 7.92. The maximum Gasteiger partial charge on any atom is 0.418 e. The fourth-order valence-electron chi connectivity index (χ4n) is 3.17. The van der Waals surface area contributed by atoms with E-state index in [1.807, 2.05) is 18.2 Å². The van der Waals surface area contributed by atoms with Gasteiger partial charge < -0.3 is 0 Å². The summed E-state index contributed by atoms with van der Waals surface area (Å²) in [5.74, 6) is 0. The highest BCUT2D eigenvalue weighted by Crippen LogP contribution is 2.38. The van der Waals surface area contributed by atoms with E-state index in [9.17, 15) is 21.6 Å². The minimum Gasteiger partial charge on any atom is -0.256 e. The summed E-state index contributed by atoms with van der Waals surface area (Å²) in [6, 6.07) is 16.3. The van der Waals surface area contributed by atoms with Crippen LogP contribution < -0.4 is 0 Å². The molecular formula is C21H14F3NO2S2. The van der Waals surface area contributed by atoms with Crippen molar-refractivity contribution in [2.24, 2.45) is 0 Å². The number of rotatable bonds is 3. The lowest BCUT2D eigenvalue weighted by Crippen LogP contribution is -2.06. The van der Waals surface area contributed by atoms with Crippen LogP contribution in [-0.4, -0.2) is 19.7 Å². The number of hydrogen-bond donors (Lipinski definition) is 0. The summed E-state index contributed by atoms with van der Waals surface area (Å²) in [7, 11) is -3.30. The Balaban J connectivity index is 1.86. The molecule has 0 fully saturated rings. The smallest absolute Gasteiger partial charge is 0.256 e. The van der Waals surface area contributed by atoms with Crippen LogP contribution >= 0.6 is 11.3 Å². The second kappa shape index (κ2) is 6.96. The van der Waals surface area contributed by atoms with Crippen molar-refractivity contribution in [3.63, 3.8) is 0 Å². The largest absolute Gasteiger partial charge is 0.418 e. The summed E-state index contributed by atoms with van der Waals surface area (Å²) in [5.41, 5.74) is 1.27. The molecule has 29 heavy (non-hydrogen) atoms. The van der Waals surface area contributed by atoms with Crippen molar-refractivity contribution in [3.05, 3.63) is 72.4 Å². The van der Waals surface area contributed by atoms with Crippen molar-refractivity contribution >= 4 is 32.1 Å². The minimum absolute atomic E-state index is 0.0987. The molecule has 0 N–H and O–H groups in total. The Hall–Kier alpha value is -2.71. The molecular weight excluding hydrogens is 419 g/mol. The van der Waals surface area contributed by atoms with Gasteiger partial charge in [0.1, 0.15) is 4.21 Å². The first kappa shape index (κ1) is 19.6. The van der Waals surface area contributed by atoms with Crippen LogP contribution in [0.25, 0.3) is 32.5 Å². The van der Waals surface area contributed by atoms with Crippen LogP contribution in [0.4, 0.5) is 13.2 Å². The summed E-state index contributed by atoms with van der Waals surface area (Å²) in [5, 5.41) is 0.405. The number of aromatic nitrogens is 1. The van der Waals surface area contributed by atoms with E-state index in [1.54, 1.807) is 30.3 Å². The van der Waals surface area contributed by atoms with Crippen molar-refractivity contribution < 1.29 is 21.6 Å². The Morgan fingerprint density at radius 1 is 0.931 bits per heavy atom. The van der Waals surface area contributed by atoms with Gasteiger partial charge in [-0.05, 0) is 47.0 Å². The quantitative estimate of drug-likeness (QED) is 0.395. The van der Waals surface area contributed by atoms with E-state index in [0.29, 0.717) is 10.9 Å². The monoisotopic (exact) mass is 433 g/mol. The van der Waals surface area contributed by atoms with Crippen molar-refractivity contribution in [3.8, 4) is 21.6 Å². The number of thiophene rings is 1. The Labute approximate surface area is 169 Å². The lowest BCUT2D eigenvalue weighted by Gasteiger charge is -2.12. The van der Waals surface area contributed by atoms with E-state index >= 15 is 0 Å². The van der Waals surface area contributed by atoms with Gasteiger partial charge in [0.15, 0.2) is 9.84 Å². The van der Waals surface area contributed by atoms with Gasteiger partial charge in [0.2, 0.25) is 0 Å². The molecule has 4 rings (SSSR count). The molecule has 2 aromatic heterocycles. The van der Waals surface area contributed by atoms with Crippen LogP contribution in [0.1, 0.15) is 5.56 Å². The average Bonchev–Trinajstić information content (AvgIpc) is 3.17. The van der Waals surface area contributed by atoms with E-state index < -0.39 is 21.6 Å². The Bertz CT molecular complexity index is 1330. The van der Waals surface area contributed by atoms with E-state index in [2.05, 4.69) is 4.98 Å². The lowest BCUT2D eigenvalue weighted by atomic mass is 9.97. The van der Waals surface area contributed by atoms with Crippen molar-refractivity contribution in [2.45, 2.75) is 10.4 Å². The Kier molecular flexibility index (Phi) is 4.71. The number of benzene rings is 2. The van der Waals surface area contributed by atoms with Gasteiger partial charge in [-0.15, -0.1) is 11.3 Å². The second-order valence-electron chi connectivity index (χ2n) is 6.53. The number of pyridine rings is 1. The van der Waals surface area contributed by atoms with Crippen molar-refractivity contribution in [1.82, 2.24) is 4.98 Å². The zero-order chi connectivity index (χ0) is 20.8. The maximum absolute atomic E-state index is 13.3. The molecule has 0 aliphatic carbocycles. The summed E-state index contributed by atoms with van der Waals surface area (Å²) in [6.07, 6.45) is -1.97. The zero-order valence-corrected chi connectivity index (χ0v) is 16.7. The third kappa shape index (κ3) is 3.77. The van der Waals surface area contributed by atoms with Crippen LogP contribution in [0.5, 0.6) is 0 Å². The van der Waals surface area contributed by atoms with Gasteiger partial charge in [-0.1, -0.05) is 30.3 Å². The Morgan fingerprint density at radius 3 is 2.34 bits per heavy atom. The predicted octanol–water partition coefficient (Wildman–Crippen LogP) is 6.05. The molecule has 0 saturated heterocycles. The minimum atomic E-state index is -4.49. The van der Waals surface area contributed by atoms with Gasteiger partial charge in [-0.2, -0.15) is 13.2 Å². The van der Waals surface area contributed by atoms with Gasteiger partial charge in [0, 0.05) is 22.7 Å². The summed E-state index contributed by atoms with van der Waals surface area (Å²) < 4.78 is 63.8. The molecule has 0 spiro atoms. The van der Waals surface area contributed by atoms with Crippen LogP contribution in [0, 0.1) is 0 Å². The van der Waals surface area contributed by atoms with Crippen molar-refractivity contribution in [2.75, 3.05) is 6.26 Å². The predicted molar refractivity (Wildman–Crippen MR) is 109 cm³/mol. The molecule has 2 heterocycles. The molecule has 0 radical (unpaired) electrons. The van der Waals surface area contributed by atoms with Gasteiger partial charge >= 0.3 is 6.18 Å². The molecule has 0 saturated carbocycles. The third-order valence-electron chi connectivity index (χ3n) is 4.48. The number of nitrogens with zero attached hydrogens (tertiary/aromatic N) is 1. The number of hydrogen-bond acceptors (Lipinski definition) is 4. The first-order valence-corrected chi connectivity index (χ1v) is 11.2. The summed E-state index contributed by atoms with van der Waals surface area (Å²) in [4.78, 5) is 4.73. The van der Waals surface area contributed by atoms with E-state index in [0.717, 1.165) is 39.7 Å². The molecule has 0 aliphatic heterocycles. The lowest BCUT2D eigenvalue weighted by molar-refractivity contribution is -0.136. The van der Waals surface area contributed by atoms with Gasteiger partial charge in [0.25, 0.3) is 0 Å². The topological polar surface area (TPSA) is 47.0 Å². The second-order valence-corrected chi connectivity index (χ2v) is 9.86. The fourth-order valence-corrected chi connectivity index (χ4v) is 5.09. The molecule has 0 amide bonds. The summed E-state index contributed by atoms with van der Waals surface area (Å²) in [6.45, 7) is 0. The normalized spacial score (nSPS) is 12.4. The average molecular weight is 433 g/mol. The maximum atomic E-state index is 13.3. The number of fused-ring (bicyclic) bond motifs is 1. The highest BCUT2D eigenvalue weighted by atomic mass is 32.2. The molecule has 2 aromatic carbocycles. The third-order valence-corrected chi connectivity index (χ3v) is 7.44. The van der Waals surface area contributed by atoms with Gasteiger partial charge in [-0.3, -0.25) is 4.98 Å². The molecule has 4 aromatic rings. The van der Waals surface area contributed by atoms with E-state index in [-0.39, 0.29) is 9.73 Å². The standard InChI is InChI=1S/C21H14F3NO2S2/c1-29(26,27)19-9-8-18(28-19)14-5-2-4-13(12-14)15-10-11-25-20-16(15)6-3-7-17(20)21(22,23)24/h2-12H,1H3. The van der Waals surface area contributed by atoms with Crippen molar-refractivity contribution in [1.29, 1.82) is 0 Å². The molecule has 148 valence electrons. The number of sulfone groups is 1. The Morgan fingerprint density at radius 2 is 1.66 bits per heavy atom. The van der Waals surface area contributed by atoms with Crippen LogP contribution in [-0.2, 0) is 16.0 Å². The number of halogens is 3. The van der Waals surface area contributed by atoms with Crippen LogP contribution in [0.15, 0.2) is 71.1 Å². The first-order valence-electron chi connectivity index (χ1n) is 8.50. The van der Waals surface area contributed by atoms with Gasteiger partial charge in [0.05, 0.1) is 11.1 Å². The summed E-state index contributed by atoms with van der Waals surface area (Å²) >= 11 is 1.16. The molecule has 0 atom stereocenters. The first-order chi connectivity index (χ1) is 13.6. The number of para-hydroxylation sites is 1. The zero-order valence-electron chi connectivity index (χ0n) is 15.1. The van der Waals surface area contributed by atoms with E-state index in [4.69, 9.17) is 0 Å². The van der Waals surface area contributed by atoms with Crippen LogP contribution in [0.3, 0.4) is 0 Å².